The van der Waals surface area contributed by atoms with Crippen LogP contribution in [0.1, 0.15) is 5.56 Å². The molecule has 134 valence electrons. The zero-order valence-electron chi connectivity index (χ0n) is 14.4. The van der Waals surface area contributed by atoms with E-state index in [2.05, 4.69) is 15.3 Å². The van der Waals surface area contributed by atoms with E-state index >= 15 is 0 Å². The van der Waals surface area contributed by atoms with Crippen molar-refractivity contribution in [2.45, 2.75) is 13.1 Å². The Morgan fingerprint density at radius 1 is 0.963 bits per heavy atom. The second-order valence-corrected chi connectivity index (χ2v) is 6.02. The number of nitrogens with zero attached hydrogens (tertiary/aromatic N) is 4. The van der Waals surface area contributed by atoms with E-state index in [1.165, 1.54) is 9.13 Å². The number of benzene rings is 1. The molecule has 0 radical (unpaired) electrons. The molecular weight excluding hydrogens is 342 g/mol. The number of aromatic nitrogens is 4. The van der Waals surface area contributed by atoms with Crippen LogP contribution in [-0.4, -0.2) is 25.0 Å². The third-order valence-corrected chi connectivity index (χ3v) is 4.25. The highest BCUT2D eigenvalue weighted by Crippen LogP contribution is 2.15. The second kappa shape index (κ2) is 7.25. The van der Waals surface area contributed by atoms with Gasteiger partial charge in [-0.05, 0) is 42.0 Å². The summed E-state index contributed by atoms with van der Waals surface area (Å²) in [5.74, 6) is -0.245. The van der Waals surface area contributed by atoms with Crippen LogP contribution in [0.2, 0.25) is 0 Å². The summed E-state index contributed by atoms with van der Waals surface area (Å²) in [7, 11) is 0. The maximum Gasteiger partial charge on any atom is 0.335 e. The van der Waals surface area contributed by atoms with Crippen LogP contribution < -0.4 is 11.0 Å². The molecule has 1 N–H and O–H groups in total. The summed E-state index contributed by atoms with van der Waals surface area (Å²) in [5, 5.41) is 2.83. The van der Waals surface area contributed by atoms with Gasteiger partial charge in [0.1, 0.15) is 6.54 Å². The van der Waals surface area contributed by atoms with Crippen molar-refractivity contribution in [3.63, 3.8) is 0 Å². The summed E-state index contributed by atoms with van der Waals surface area (Å²) in [6.07, 6.45) is 4.98. The number of hydrogen-bond acceptors (Lipinski definition) is 4. The monoisotopic (exact) mass is 359 g/mol. The number of nitrogens with one attached hydrogen (secondary N) is 1. The normalized spacial score (nSPS) is 10.8. The van der Waals surface area contributed by atoms with E-state index in [1.54, 1.807) is 30.7 Å². The average molecular weight is 359 g/mol. The lowest BCUT2D eigenvalue weighted by atomic mass is 10.3. The van der Waals surface area contributed by atoms with Crippen LogP contribution in [0, 0.1) is 0 Å². The van der Waals surface area contributed by atoms with Gasteiger partial charge in [-0.25, -0.2) is 14.3 Å². The number of carbonyl (C=O) groups is 1. The lowest BCUT2D eigenvalue weighted by molar-refractivity contribution is -0.121. The Morgan fingerprint density at radius 3 is 2.52 bits per heavy atom. The van der Waals surface area contributed by atoms with E-state index in [0.29, 0.717) is 23.4 Å². The van der Waals surface area contributed by atoms with Crippen molar-refractivity contribution >= 4 is 17.1 Å². The molecule has 4 aromatic rings. The Kier molecular flexibility index (Phi) is 4.49. The van der Waals surface area contributed by atoms with E-state index < -0.39 is 0 Å². The summed E-state index contributed by atoms with van der Waals surface area (Å²) in [6, 6.07) is 16.5. The van der Waals surface area contributed by atoms with Crippen molar-refractivity contribution in [3.05, 3.63) is 89.2 Å². The number of pyridine rings is 2. The first-order valence-corrected chi connectivity index (χ1v) is 8.51. The van der Waals surface area contributed by atoms with E-state index in [9.17, 15) is 9.59 Å². The van der Waals surface area contributed by atoms with Crippen LogP contribution in [0.5, 0.6) is 0 Å². The largest absolute Gasteiger partial charge is 0.350 e. The fraction of sp³-hybridized carbons (Fsp3) is 0.100. The van der Waals surface area contributed by atoms with E-state index in [4.69, 9.17) is 0 Å². The molecule has 0 spiro atoms. The van der Waals surface area contributed by atoms with Gasteiger partial charge in [0.05, 0.1) is 11.2 Å². The van der Waals surface area contributed by atoms with Crippen molar-refractivity contribution in [1.29, 1.82) is 0 Å². The predicted octanol–water partition coefficient (Wildman–Crippen LogP) is 1.90. The van der Waals surface area contributed by atoms with Gasteiger partial charge in [0.15, 0.2) is 5.65 Å². The molecule has 1 aromatic carbocycles. The lowest BCUT2D eigenvalue weighted by Crippen LogP contribution is -2.32. The minimum atomic E-state index is -0.297. The van der Waals surface area contributed by atoms with E-state index in [1.807, 2.05) is 42.5 Å². The van der Waals surface area contributed by atoms with Gasteiger partial charge in [-0.15, -0.1) is 0 Å². The zero-order valence-corrected chi connectivity index (χ0v) is 14.4. The van der Waals surface area contributed by atoms with Gasteiger partial charge >= 0.3 is 5.69 Å². The molecule has 0 saturated heterocycles. The van der Waals surface area contributed by atoms with Crippen molar-refractivity contribution in [2.24, 2.45) is 0 Å². The molecule has 3 aromatic heterocycles. The SMILES string of the molecule is O=C(Cn1c(=O)n(-c2ccccc2)c2ncccc21)NCc1ccncc1. The minimum absolute atomic E-state index is 0.0774. The minimum Gasteiger partial charge on any atom is -0.350 e. The Hall–Kier alpha value is -3.74. The molecule has 3 heterocycles. The molecule has 0 atom stereocenters. The third kappa shape index (κ3) is 3.35. The van der Waals surface area contributed by atoms with Crippen LogP contribution in [0.25, 0.3) is 16.9 Å². The Morgan fingerprint density at radius 2 is 1.74 bits per heavy atom. The van der Waals surface area contributed by atoms with Gasteiger partial charge in [-0.1, -0.05) is 18.2 Å². The van der Waals surface area contributed by atoms with Crippen molar-refractivity contribution in [1.82, 2.24) is 24.4 Å². The molecular formula is C20H17N5O2. The third-order valence-electron chi connectivity index (χ3n) is 4.25. The maximum absolute atomic E-state index is 13.0. The quantitative estimate of drug-likeness (QED) is 0.590. The van der Waals surface area contributed by atoms with Crippen LogP contribution in [0.4, 0.5) is 0 Å². The standard InChI is InChI=1S/C20H17N5O2/c26-18(23-13-15-8-11-21-12-9-15)14-24-17-7-4-10-22-19(17)25(20(24)27)16-5-2-1-3-6-16/h1-12H,13-14H2,(H,23,26). The molecule has 0 bridgehead atoms. The summed E-state index contributed by atoms with van der Waals surface area (Å²) in [4.78, 5) is 33.7. The van der Waals surface area contributed by atoms with Crippen molar-refractivity contribution in [2.75, 3.05) is 0 Å². The van der Waals surface area contributed by atoms with Gasteiger partial charge in [-0.3, -0.25) is 14.3 Å². The van der Waals surface area contributed by atoms with Gasteiger partial charge in [0, 0.05) is 25.1 Å². The van der Waals surface area contributed by atoms with E-state index in [0.717, 1.165) is 5.56 Å². The van der Waals surface area contributed by atoms with Crippen molar-refractivity contribution in [3.8, 4) is 5.69 Å². The highest BCUT2D eigenvalue weighted by atomic mass is 16.2. The summed E-state index contributed by atoms with van der Waals surface area (Å²) in [5.41, 5.74) is 2.50. The van der Waals surface area contributed by atoms with Crippen LogP contribution in [0.3, 0.4) is 0 Å². The fourth-order valence-electron chi connectivity index (χ4n) is 2.95. The number of para-hydroxylation sites is 1. The number of fused-ring (bicyclic) bond motifs is 1. The first-order chi connectivity index (χ1) is 13.2. The molecule has 0 aliphatic heterocycles. The van der Waals surface area contributed by atoms with Gasteiger partial charge in [0.25, 0.3) is 0 Å². The second-order valence-electron chi connectivity index (χ2n) is 6.02. The topological polar surface area (TPSA) is 81.8 Å². The number of rotatable bonds is 5. The van der Waals surface area contributed by atoms with Crippen LogP contribution in [0.15, 0.2) is 78.0 Å². The molecule has 0 saturated carbocycles. The highest BCUT2D eigenvalue weighted by Gasteiger charge is 2.17. The van der Waals surface area contributed by atoms with Crippen LogP contribution >= 0.6 is 0 Å². The average Bonchev–Trinajstić information content (AvgIpc) is 2.99. The molecule has 0 unspecified atom stereocenters. The lowest BCUT2D eigenvalue weighted by Gasteiger charge is -2.06. The number of carbonyl (C=O) groups excluding carboxylic acids is 1. The van der Waals surface area contributed by atoms with Gasteiger partial charge < -0.3 is 5.32 Å². The number of imidazole rings is 1. The Labute approximate surface area is 154 Å². The van der Waals surface area contributed by atoms with Gasteiger partial charge in [-0.2, -0.15) is 0 Å². The molecule has 4 rings (SSSR count). The number of hydrogen-bond donors (Lipinski definition) is 1. The Bertz CT molecular complexity index is 1130. The molecule has 7 heteroatoms. The smallest absolute Gasteiger partial charge is 0.335 e. The van der Waals surface area contributed by atoms with Crippen molar-refractivity contribution < 1.29 is 4.79 Å². The molecule has 0 aliphatic carbocycles. The maximum atomic E-state index is 13.0. The first kappa shape index (κ1) is 16.7. The molecule has 0 aliphatic rings. The first-order valence-electron chi connectivity index (χ1n) is 8.51. The Balaban J connectivity index is 1.65. The van der Waals surface area contributed by atoms with Crippen LogP contribution in [-0.2, 0) is 17.9 Å². The molecule has 1 amide bonds. The molecule has 27 heavy (non-hydrogen) atoms. The molecule has 0 fully saturated rings. The number of amides is 1. The fourth-order valence-corrected chi connectivity index (χ4v) is 2.95. The van der Waals surface area contributed by atoms with Gasteiger partial charge in [0.2, 0.25) is 5.91 Å². The summed E-state index contributed by atoms with van der Waals surface area (Å²) in [6.45, 7) is 0.303. The zero-order chi connectivity index (χ0) is 18.6. The predicted molar refractivity (Wildman–Crippen MR) is 101 cm³/mol. The summed E-state index contributed by atoms with van der Waals surface area (Å²) >= 11 is 0. The molecule has 7 nitrogen and oxygen atoms in total. The highest BCUT2D eigenvalue weighted by molar-refractivity contribution is 5.80. The van der Waals surface area contributed by atoms with E-state index in [-0.39, 0.29) is 18.1 Å². The summed E-state index contributed by atoms with van der Waals surface area (Å²) < 4.78 is 2.96.